The van der Waals surface area contributed by atoms with Crippen LogP contribution < -0.4 is 5.32 Å². The van der Waals surface area contributed by atoms with Gasteiger partial charge in [-0.25, -0.2) is 4.79 Å². The van der Waals surface area contributed by atoms with Crippen LogP contribution >= 0.6 is 0 Å². The lowest BCUT2D eigenvalue weighted by atomic mass is 9.96. The molecule has 0 aromatic heterocycles. The van der Waals surface area contributed by atoms with Crippen molar-refractivity contribution in [3.8, 4) is 0 Å². The van der Waals surface area contributed by atoms with E-state index in [4.69, 9.17) is 4.74 Å². The van der Waals surface area contributed by atoms with E-state index in [-0.39, 0.29) is 11.9 Å². The van der Waals surface area contributed by atoms with Gasteiger partial charge < -0.3 is 9.84 Å². The maximum atomic E-state index is 12.1. The van der Waals surface area contributed by atoms with Crippen molar-refractivity contribution in [2.45, 2.75) is 45.8 Å². The third-order valence-corrected chi connectivity index (χ3v) is 3.78. The van der Waals surface area contributed by atoms with Crippen LogP contribution in [0.5, 0.6) is 0 Å². The number of rotatable bonds is 9. The van der Waals surface area contributed by atoms with Crippen LogP contribution in [0.15, 0.2) is 30.3 Å². The zero-order valence-electron chi connectivity index (χ0n) is 13.2. The molecule has 0 radical (unpaired) electrons. The van der Waals surface area contributed by atoms with E-state index >= 15 is 0 Å². The Labute approximate surface area is 127 Å². The second-order valence-electron chi connectivity index (χ2n) is 5.15. The second-order valence-corrected chi connectivity index (χ2v) is 5.15. The summed E-state index contributed by atoms with van der Waals surface area (Å²) in [4.78, 5) is 12.1. The molecular weight excluding hydrogens is 266 g/mol. The molecule has 1 aromatic carbocycles. The van der Waals surface area contributed by atoms with Gasteiger partial charge in [-0.2, -0.15) is 0 Å². The van der Waals surface area contributed by atoms with E-state index in [0.29, 0.717) is 13.2 Å². The van der Waals surface area contributed by atoms with Gasteiger partial charge in [-0.05, 0) is 18.4 Å². The molecule has 118 valence electrons. The molecule has 0 saturated carbocycles. The Morgan fingerprint density at radius 1 is 1.19 bits per heavy atom. The number of nitrogens with one attached hydrogen (secondary N) is 1. The molecule has 2 N–H and O–H groups in total. The average Bonchev–Trinajstić information content (AvgIpc) is 2.50. The highest BCUT2D eigenvalue weighted by atomic mass is 16.5. The van der Waals surface area contributed by atoms with Gasteiger partial charge in [-0.3, -0.25) is 5.32 Å². The zero-order valence-corrected chi connectivity index (χ0v) is 13.2. The lowest BCUT2D eigenvalue weighted by Crippen LogP contribution is -2.38. The quantitative estimate of drug-likeness (QED) is 0.687. The van der Waals surface area contributed by atoms with Crippen molar-refractivity contribution in [3.05, 3.63) is 35.9 Å². The molecular formula is C17H27NO3. The molecule has 0 aliphatic heterocycles. The number of carbonyl (C=O) groups excluding carboxylic acids is 1. The molecule has 1 rings (SSSR count). The predicted octanol–water partition coefficient (Wildman–Crippen LogP) is 2.68. The molecule has 4 heteroatoms. The van der Waals surface area contributed by atoms with Crippen molar-refractivity contribution in [3.63, 3.8) is 0 Å². The first kappa shape index (κ1) is 17.7. The molecule has 1 aromatic rings. The van der Waals surface area contributed by atoms with Crippen molar-refractivity contribution in [2.24, 2.45) is 5.92 Å². The van der Waals surface area contributed by atoms with Gasteiger partial charge in [0, 0.05) is 6.54 Å². The van der Waals surface area contributed by atoms with E-state index in [1.54, 1.807) is 6.92 Å². The Hall–Kier alpha value is -1.39. The van der Waals surface area contributed by atoms with E-state index in [9.17, 15) is 9.90 Å². The third-order valence-electron chi connectivity index (χ3n) is 3.78. The summed E-state index contributed by atoms with van der Waals surface area (Å²) in [5, 5.41) is 13.3. The molecule has 2 atom stereocenters. The molecule has 0 aliphatic carbocycles. The van der Waals surface area contributed by atoms with Gasteiger partial charge in [-0.1, -0.05) is 57.0 Å². The normalized spacial score (nSPS) is 14.0. The van der Waals surface area contributed by atoms with Crippen molar-refractivity contribution in [1.82, 2.24) is 5.32 Å². The Morgan fingerprint density at radius 3 is 2.33 bits per heavy atom. The van der Waals surface area contributed by atoms with Crippen LogP contribution in [0.4, 0.5) is 0 Å². The number of hydrogen-bond acceptors (Lipinski definition) is 4. The van der Waals surface area contributed by atoms with E-state index in [1.165, 1.54) is 0 Å². The minimum Gasteiger partial charge on any atom is -0.465 e. The lowest BCUT2D eigenvalue weighted by Gasteiger charge is -2.24. The largest absolute Gasteiger partial charge is 0.465 e. The summed E-state index contributed by atoms with van der Waals surface area (Å²) < 4.78 is 5.12. The number of benzene rings is 1. The predicted molar refractivity (Wildman–Crippen MR) is 83.9 cm³/mol. The molecule has 0 aliphatic rings. The second kappa shape index (κ2) is 9.53. The lowest BCUT2D eigenvalue weighted by molar-refractivity contribution is -0.146. The summed E-state index contributed by atoms with van der Waals surface area (Å²) in [6, 6.07) is 8.93. The van der Waals surface area contributed by atoms with Crippen molar-refractivity contribution >= 4 is 5.97 Å². The maximum absolute atomic E-state index is 12.1. The van der Waals surface area contributed by atoms with E-state index in [2.05, 4.69) is 19.2 Å². The van der Waals surface area contributed by atoms with Gasteiger partial charge in [0.1, 0.15) is 6.04 Å². The Balaban J connectivity index is 2.72. The average molecular weight is 293 g/mol. The fourth-order valence-corrected chi connectivity index (χ4v) is 2.45. The Bertz CT molecular complexity index is 404. The van der Waals surface area contributed by atoms with Gasteiger partial charge >= 0.3 is 5.97 Å². The molecule has 0 bridgehead atoms. The van der Waals surface area contributed by atoms with Gasteiger partial charge in [0.15, 0.2) is 0 Å². The molecule has 0 saturated heterocycles. The minimum atomic E-state index is -0.532. The molecule has 2 unspecified atom stereocenters. The first-order chi connectivity index (χ1) is 10.1. The van der Waals surface area contributed by atoms with Gasteiger partial charge in [-0.15, -0.1) is 0 Å². The fourth-order valence-electron chi connectivity index (χ4n) is 2.45. The molecule has 21 heavy (non-hydrogen) atoms. The van der Waals surface area contributed by atoms with E-state index in [0.717, 1.165) is 18.4 Å². The SMILES string of the molecule is CCOC(=O)C(NCC(O)C(CC)CC)c1ccccc1. The van der Waals surface area contributed by atoms with Crippen LogP contribution in [-0.4, -0.2) is 30.3 Å². The molecule has 0 fully saturated rings. The van der Waals surface area contributed by atoms with Crippen molar-refractivity contribution < 1.29 is 14.6 Å². The van der Waals surface area contributed by atoms with Crippen LogP contribution in [0.1, 0.15) is 45.2 Å². The zero-order chi connectivity index (χ0) is 15.7. The first-order valence-electron chi connectivity index (χ1n) is 7.76. The number of ether oxygens (including phenoxy) is 1. The number of aliphatic hydroxyl groups is 1. The van der Waals surface area contributed by atoms with Crippen LogP contribution in [0, 0.1) is 5.92 Å². The first-order valence-corrected chi connectivity index (χ1v) is 7.76. The van der Waals surface area contributed by atoms with Crippen molar-refractivity contribution in [2.75, 3.05) is 13.2 Å². The van der Waals surface area contributed by atoms with Crippen LogP contribution in [0.2, 0.25) is 0 Å². The van der Waals surface area contributed by atoms with Gasteiger partial charge in [0.2, 0.25) is 0 Å². The highest BCUT2D eigenvalue weighted by molar-refractivity contribution is 5.77. The van der Waals surface area contributed by atoms with Crippen LogP contribution in [-0.2, 0) is 9.53 Å². The Kier molecular flexibility index (Phi) is 8.01. The summed E-state index contributed by atoms with van der Waals surface area (Å²) in [6.07, 6.45) is 1.39. The monoisotopic (exact) mass is 293 g/mol. The van der Waals surface area contributed by atoms with Crippen LogP contribution in [0.25, 0.3) is 0 Å². The van der Waals surface area contributed by atoms with Crippen LogP contribution in [0.3, 0.4) is 0 Å². The van der Waals surface area contributed by atoms with E-state index in [1.807, 2.05) is 30.3 Å². The number of hydrogen-bond donors (Lipinski definition) is 2. The molecule has 0 spiro atoms. The fraction of sp³-hybridized carbons (Fsp3) is 0.588. The summed E-state index contributed by atoms with van der Waals surface area (Å²) >= 11 is 0. The van der Waals surface area contributed by atoms with Crippen molar-refractivity contribution in [1.29, 1.82) is 0 Å². The summed E-state index contributed by atoms with van der Waals surface area (Å²) in [7, 11) is 0. The topological polar surface area (TPSA) is 58.6 Å². The Morgan fingerprint density at radius 2 is 1.81 bits per heavy atom. The summed E-state index contributed by atoms with van der Waals surface area (Å²) in [5.74, 6) is -0.0587. The van der Waals surface area contributed by atoms with Gasteiger partial charge in [0.25, 0.3) is 0 Å². The smallest absolute Gasteiger partial charge is 0.327 e. The maximum Gasteiger partial charge on any atom is 0.327 e. The highest BCUT2D eigenvalue weighted by Gasteiger charge is 2.24. The standard InChI is InChI=1S/C17H27NO3/c1-4-13(5-2)15(19)12-18-16(17(20)21-6-3)14-10-8-7-9-11-14/h7-11,13,15-16,18-19H,4-6,12H2,1-3H3. The highest BCUT2D eigenvalue weighted by Crippen LogP contribution is 2.17. The molecule has 4 nitrogen and oxygen atoms in total. The van der Waals surface area contributed by atoms with E-state index < -0.39 is 12.1 Å². The number of esters is 1. The third kappa shape index (κ3) is 5.48. The summed E-state index contributed by atoms with van der Waals surface area (Å²) in [6.45, 7) is 6.65. The summed E-state index contributed by atoms with van der Waals surface area (Å²) in [5.41, 5.74) is 0.854. The number of carbonyl (C=O) groups is 1. The molecule has 0 heterocycles. The minimum absolute atomic E-state index is 0.246. The molecule has 0 amide bonds. The number of aliphatic hydroxyl groups excluding tert-OH is 1. The van der Waals surface area contributed by atoms with Gasteiger partial charge in [0.05, 0.1) is 12.7 Å².